The van der Waals surface area contributed by atoms with Gasteiger partial charge in [-0.1, -0.05) is 0 Å². The maximum atomic E-state index is 11.4. The smallest absolute Gasteiger partial charge is 0.240 e. The Labute approximate surface area is 93.7 Å². The number of nitrogens with one attached hydrogen (secondary N) is 2. The first kappa shape index (κ1) is 11.9. The Balaban J connectivity index is 2.95. The van der Waals surface area contributed by atoms with Gasteiger partial charge in [-0.25, -0.2) is 13.1 Å². The molecule has 1 aromatic carbocycles. The summed E-state index contributed by atoms with van der Waals surface area (Å²) in [5, 5.41) is 2.83. The van der Waals surface area contributed by atoms with Gasteiger partial charge in [-0.15, -0.1) is 0 Å². The normalized spacial score (nSPS) is 11.0. The van der Waals surface area contributed by atoms with Crippen LogP contribution in [0.25, 0.3) is 0 Å². The van der Waals surface area contributed by atoms with Gasteiger partial charge in [0.25, 0.3) is 0 Å². The van der Waals surface area contributed by atoms with Gasteiger partial charge in [-0.05, 0) is 43.5 Å². The van der Waals surface area contributed by atoms with E-state index >= 15 is 0 Å². The fourth-order valence-corrected chi connectivity index (χ4v) is 1.83. The van der Waals surface area contributed by atoms with Gasteiger partial charge in [0, 0.05) is 5.69 Å². The van der Waals surface area contributed by atoms with Crippen molar-refractivity contribution < 1.29 is 8.42 Å². The first-order chi connectivity index (χ1) is 6.95. The topological polar surface area (TPSA) is 84.2 Å². The average Bonchev–Trinajstić information content (AvgIpc) is 2.18. The third-order valence-electron chi connectivity index (χ3n) is 1.70. The van der Waals surface area contributed by atoms with Crippen molar-refractivity contribution in [1.29, 1.82) is 0 Å². The summed E-state index contributed by atoms with van der Waals surface area (Å²) in [6.07, 6.45) is 0. The third-order valence-corrected chi connectivity index (χ3v) is 3.23. The van der Waals surface area contributed by atoms with Gasteiger partial charge in [0.05, 0.1) is 4.90 Å². The van der Waals surface area contributed by atoms with Gasteiger partial charge >= 0.3 is 0 Å². The molecule has 0 spiro atoms. The van der Waals surface area contributed by atoms with Crippen LogP contribution in [-0.4, -0.2) is 20.6 Å². The Morgan fingerprint density at radius 2 is 1.87 bits per heavy atom. The van der Waals surface area contributed by atoms with E-state index in [1.54, 1.807) is 12.1 Å². The number of sulfonamides is 1. The molecule has 0 unspecified atom stereocenters. The van der Waals surface area contributed by atoms with E-state index in [1.807, 2.05) is 0 Å². The summed E-state index contributed by atoms with van der Waals surface area (Å²) < 4.78 is 24.9. The summed E-state index contributed by atoms with van der Waals surface area (Å²) in [6.45, 7) is 0. The van der Waals surface area contributed by atoms with Crippen LogP contribution in [0.15, 0.2) is 29.2 Å². The Bertz CT molecular complexity index is 453. The van der Waals surface area contributed by atoms with E-state index in [-0.39, 0.29) is 10.0 Å². The highest BCUT2D eigenvalue weighted by molar-refractivity contribution is 7.89. The predicted molar refractivity (Wildman–Crippen MR) is 63.1 cm³/mol. The van der Waals surface area contributed by atoms with Crippen LogP contribution in [0, 0.1) is 0 Å². The van der Waals surface area contributed by atoms with Gasteiger partial charge in [0.15, 0.2) is 5.11 Å². The number of thiocarbonyl (C=S) groups is 1. The van der Waals surface area contributed by atoms with E-state index in [0.717, 1.165) is 0 Å². The molecule has 5 nitrogen and oxygen atoms in total. The van der Waals surface area contributed by atoms with Crippen molar-refractivity contribution >= 4 is 33.0 Å². The summed E-state index contributed by atoms with van der Waals surface area (Å²) in [5.74, 6) is 0. The fourth-order valence-electron chi connectivity index (χ4n) is 0.978. The zero-order valence-electron chi connectivity index (χ0n) is 8.02. The summed E-state index contributed by atoms with van der Waals surface area (Å²) in [4.78, 5) is 0.193. The molecule has 0 radical (unpaired) electrons. The lowest BCUT2D eigenvalue weighted by molar-refractivity contribution is 0.588. The highest BCUT2D eigenvalue weighted by atomic mass is 32.2. The SMILES string of the molecule is CNS(=O)(=O)c1ccc(NC(N)=S)cc1. The molecule has 0 aromatic heterocycles. The molecule has 1 rings (SSSR count). The molecule has 0 aliphatic heterocycles. The van der Waals surface area contributed by atoms with Crippen molar-refractivity contribution in [3.8, 4) is 0 Å². The van der Waals surface area contributed by atoms with E-state index in [9.17, 15) is 8.42 Å². The fraction of sp³-hybridized carbons (Fsp3) is 0.125. The molecule has 0 aliphatic rings. The minimum atomic E-state index is -3.39. The number of hydrogen-bond acceptors (Lipinski definition) is 3. The van der Waals surface area contributed by atoms with Crippen LogP contribution in [0.1, 0.15) is 0 Å². The number of benzene rings is 1. The summed E-state index contributed by atoms with van der Waals surface area (Å²) in [6, 6.07) is 6.10. The Hall–Kier alpha value is -1.18. The Morgan fingerprint density at radius 1 is 1.33 bits per heavy atom. The number of rotatable bonds is 3. The Kier molecular flexibility index (Phi) is 3.61. The van der Waals surface area contributed by atoms with Crippen molar-refractivity contribution in [2.45, 2.75) is 4.90 Å². The van der Waals surface area contributed by atoms with Crippen LogP contribution in [0.3, 0.4) is 0 Å². The molecule has 82 valence electrons. The van der Waals surface area contributed by atoms with Crippen LogP contribution in [0.4, 0.5) is 5.69 Å². The number of anilines is 1. The lowest BCUT2D eigenvalue weighted by atomic mass is 10.3. The highest BCUT2D eigenvalue weighted by Gasteiger charge is 2.10. The molecule has 4 N–H and O–H groups in total. The maximum Gasteiger partial charge on any atom is 0.240 e. The predicted octanol–water partition coefficient (Wildman–Crippen LogP) is 0.250. The monoisotopic (exact) mass is 245 g/mol. The second-order valence-corrected chi connectivity index (χ2v) is 5.05. The lowest BCUT2D eigenvalue weighted by Gasteiger charge is -2.05. The van der Waals surface area contributed by atoms with Crippen LogP contribution >= 0.6 is 12.2 Å². The van der Waals surface area contributed by atoms with Crippen LogP contribution in [-0.2, 0) is 10.0 Å². The van der Waals surface area contributed by atoms with Crippen molar-refractivity contribution in [2.75, 3.05) is 12.4 Å². The summed E-state index contributed by atoms with van der Waals surface area (Å²) in [5.41, 5.74) is 5.91. The van der Waals surface area contributed by atoms with E-state index in [0.29, 0.717) is 5.69 Å². The zero-order chi connectivity index (χ0) is 11.5. The van der Waals surface area contributed by atoms with E-state index < -0.39 is 10.0 Å². The molecular weight excluding hydrogens is 234 g/mol. The van der Waals surface area contributed by atoms with E-state index in [2.05, 4.69) is 22.3 Å². The second-order valence-electron chi connectivity index (χ2n) is 2.72. The van der Waals surface area contributed by atoms with Crippen LogP contribution in [0.5, 0.6) is 0 Å². The van der Waals surface area contributed by atoms with E-state index in [1.165, 1.54) is 19.2 Å². The molecule has 1 aromatic rings. The minimum absolute atomic E-state index is 0.138. The van der Waals surface area contributed by atoms with Crippen molar-refractivity contribution in [1.82, 2.24) is 4.72 Å². The maximum absolute atomic E-state index is 11.4. The standard InChI is InChI=1S/C8H11N3O2S2/c1-10-15(12,13)7-4-2-6(3-5-7)11-8(9)14/h2-5,10H,1H3,(H3,9,11,14). The summed E-state index contributed by atoms with van der Waals surface area (Å²) in [7, 11) is -2.03. The van der Waals surface area contributed by atoms with Crippen molar-refractivity contribution in [2.24, 2.45) is 5.73 Å². The van der Waals surface area contributed by atoms with Gasteiger partial charge in [-0.2, -0.15) is 0 Å². The molecule has 0 atom stereocenters. The van der Waals surface area contributed by atoms with Gasteiger partial charge < -0.3 is 11.1 Å². The highest BCUT2D eigenvalue weighted by Crippen LogP contribution is 2.13. The number of hydrogen-bond donors (Lipinski definition) is 3. The zero-order valence-corrected chi connectivity index (χ0v) is 9.65. The molecule has 0 fully saturated rings. The molecule has 0 bridgehead atoms. The molecule has 0 amide bonds. The first-order valence-corrected chi connectivity index (χ1v) is 5.95. The summed E-state index contributed by atoms with van der Waals surface area (Å²) >= 11 is 4.64. The molecule has 0 saturated heterocycles. The molecular formula is C8H11N3O2S2. The molecule has 7 heteroatoms. The molecule has 0 heterocycles. The number of nitrogens with two attached hydrogens (primary N) is 1. The van der Waals surface area contributed by atoms with Gasteiger partial charge in [0.2, 0.25) is 10.0 Å². The largest absolute Gasteiger partial charge is 0.376 e. The second kappa shape index (κ2) is 4.56. The molecule has 15 heavy (non-hydrogen) atoms. The van der Waals surface area contributed by atoms with Gasteiger partial charge in [-0.3, -0.25) is 0 Å². The average molecular weight is 245 g/mol. The quantitative estimate of drug-likeness (QED) is 0.665. The van der Waals surface area contributed by atoms with Crippen molar-refractivity contribution in [3.05, 3.63) is 24.3 Å². The molecule has 0 saturated carbocycles. The minimum Gasteiger partial charge on any atom is -0.376 e. The first-order valence-electron chi connectivity index (χ1n) is 4.06. The molecule has 0 aliphatic carbocycles. The van der Waals surface area contributed by atoms with Crippen LogP contribution in [0.2, 0.25) is 0 Å². The van der Waals surface area contributed by atoms with E-state index in [4.69, 9.17) is 5.73 Å². The van der Waals surface area contributed by atoms with Crippen LogP contribution < -0.4 is 15.8 Å². The van der Waals surface area contributed by atoms with Crippen molar-refractivity contribution in [3.63, 3.8) is 0 Å². The van der Waals surface area contributed by atoms with Gasteiger partial charge in [0.1, 0.15) is 0 Å². The third kappa shape index (κ3) is 3.15. The Morgan fingerprint density at radius 3 is 2.27 bits per heavy atom. The lowest BCUT2D eigenvalue weighted by Crippen LogP contribution is -2.20.